The van der Waals surface area contributed by atoms with Crippen molar-refractivity contribution in [2.75, 3.05) is 24.6 Å². The fraction of sp³-hybridized carbons (Fsp3) is 0.500. The molecule has 0 bridgehead atoms. The van der Waals surface area contributed by atoms with Crippen molar-refractivity contribution in [2.24, 2.45) is 0 Å². The molecule has 15 heavy (non-hydrogen) atoms. The number of hydrogen-bond donors (Lipinski definition) is 0. The summed E-state index contributed by atoms with van der Waals surface area (Å²) < 4.78 is 1.18. The number of amides is 1. The van der Waals surface area contributed by atoms with E-state index in [0.29, 0.717) is 0 Å². The Kier molecular flexibility index (Phi) is 4.33. The predicted octanol–water partition coefficient (Wildman–Crippen LogP) is 2.93. The number of nitrogens with zero attached hydrogens (tertiary/aromatic N) is 1. The lowest BCUT2D eigenvalue weighted by molar-refractivity contribution is 0.0769. The Morgan fingerprint density at radius 2 is 2.27 bits per heavy atom. The van der Waals surface area contributed by atoms with Crippen molar-refractivity contribution >= 4 is 51.6 Å². The van der Waals surface area contributed by atoms with Crippen LogP contribution in [0.25, 0.3) is 0 Å². The van der Waals surface area contributed by atoms with Gasteiger partial charge in [0.05, 0.1) is 8.45 Å². The molecular weight excluding hydrogens is 341 g/mol. The lowest BCUT2D eigenvalue weighted by Crippen LogP contribution is -2.32. The van der Waals surface area contributed by atoms with Gasteiger partial charge in [-0.3, -0.25) is 4.79 Å². The van der Waals surface area contributed by atoms with E-state index in [0.717, 1.165) is 30.8 Å². The van der Waals surface area contributed by atoms with Crippen LogP contribution in [0.5, 0.6) is 0 Å². The largest absolute Gasteiger partial charge is 0.338 e. The Morgan fingerprint density at radius 3 is 3.00 bits per heavy atom. The summed E-state index contributed by atoms with van der Waals surface area (Å²) in [4.78, 5) is 14.1. The Labute approximate surface area is 112 Å². The van der Waals surface area contributed by atoms with Crippen LogP contribution in [0.2, 0.25) is 0 Å². The molecule has 1 amide bonds. The van der Waals surface area contributed by atoms with Crippen molar-refractivity contribution < 1.29 is 4.79 Å². The summed E-state index contributed by atoms with van der Waals surface area (Å²) in [5, 5.41) is 1.96. The minimum absolute atomic E-state index is 0.205. The van der Waals surface area contributed by atoms with Crippen LogP contribution in [0.4, 0.5) is 0 Å². The highest BCUT2D eigenvalue weighted by Gasteiger charge is 2.18. The zero-order valence-corrected chi connectivity index (χ0v) is 12.0. The lowest BCUT2D eigenvalue weighted by Gasteiger charge is -2.18. The molecule has 5 heteroatoms. The van der Waals surface area contributed by atoms with Gasteiger partial charge in [-0.2, -0.15) is 11.8 Å². The van der Waals surface area contributed by atoms with Crippen molar-refractivity contribution in [2.45, 2.75) is 6.42 Å². The van der Waals surface area contributed by atoms with Gasteiger partial charge in [0, 0.05) is 24.2 Å². The average Bonchev–Trinajstić information content (AvgIpc) is 2.53. The fourth-order valence-corrected chi connectivity index (χ4v) is 3.76. The van der Waals surface area contributed by atoms with Crippen LogP contribution in [-0.4, -0.2) is 35.4 Å². The van der Waals surface area contributed by atoms with Gasteiger partial charge in [-0.05, 0) is 40.8 Å². The molecule has 1 aliphatic heterocycles. The van der Waals surface area contributed by atoms with Gasteiger partial charge in [-0.1, -0.05) is 0 Å². The standard InChI is InChI=1S/C10H12INOS2/c11-9-6-8(7-15-9)10(13)12-2-1-4-14-5-3-12/h6-7H,1-5H2. The summed E-state index contributed by atoms with van der Waals surface area (Å²) in [6.45, 7) is 1.81. The third-order valence-corrected chi connectivity index (χ3v) is 5.16. The number of halogens is 1. The number of hydrogen-bond acceptors (Lipinski definition) is 3. The summed E-state index contributed by atoms with van der Waals surface area (Å²) in [5.41, 5.74) is 0.858. The van der Waals surface area contributed by atoms with Gasteiger partial charge in [-0.15, -0.1) is 11.3 Å². The van der Waals surface area contributed by atoms with Crippen LogP contribution >= 0.6 is 45.7 Å². The molecule has 2 heterocycles. The summed E-state index contributed by atoms with van der Waals surface area (Å²) in [6.07, 6.45) is 1.12. The maximum Gasteiger partial charge on any atom is 0.254 e. The topological polar surface area (TPSA) is 20.3 Å². The number of thiophene rings is 1. The molecule has 1 aliphatic rings. The Morgan fingerprint density at radius 1 is 1.40 bits per heavy atom. The van der Waals surface area contributed by atoms with E-state index < -0.39 is 0 Å². The number of rotatable bonds is 1. The van der Waals surface area contributed by atoms with Gasteiger partial charge >= 0.3 is 0 Å². The highest BCUT2D eigenvalue weighted by molar-refractivity contribution is 14.1. The summed E-state index contributed by atoms with van der Waals surface area (Å²) in [6, 6.07) is 1.98. The van der Waals surface area contributed by atoms with Crippen LogP contribution in [0.15, 0.2) is 11.4 Å². The van der Waals surface area contributed by atoms with E-state index in [4.69, 9.17) is 0 Å². The normalized spacial score (nSPS) is 17.5. The maximum absolute atomic E-state index is 12.1. The predicted molar refractivity (Wildman–Crippen MR) is 74.9 cm³/mol. The Bertz CT molecular complexity index is 345. The van der Waals surface area contributed by atoms with Crippen LogP contribution in [-0.2, 0) is 0 Å². The molecule has 1 aromatic rings. The first-order valence-electron chi connectivity index (χ1n) is 4.88. The lowest BCUT2D eigenvalue weighted by atomic mass is 10.3. The van der Waals surface area contributed by atoms with Crippen LogP contribution in [0.3, 0.4) is 0 Å². The van der Waals surface area contributed by atoms with Crippen LogP contribution < -0.4 is 0 Å². The molecule has 1 aromatic heterocycles. The Hall–Kier alpha value is 0.250. The molecule has 0 unspecified atom stereocenters. The smallest absolute Gasteiger partial charge is 0.254 e. The highest BCUT2D eigenvalue weighted by Crippen LogP contribution is 2.19. The molecule has 1 fully saturated rings. The van der Waals surface area contributed by atoms with E-state index >= 15 is 0 Å². The molecule has 2 rings (SSSR count). The van der Waals surface area contributed by atoms with Crippen molar-refractivity contribution in [1.29, 1.82) is 0 Å². The summed E-state index contributed by atoms with van der Waals surface area (Å²) in [7, 11) is 0. The average molecular weight is 353 g/mol. The SMILES string of the molecule is O=C(c1csc(I)c1)N1CCCSCC1. The molecule has 82 valence electrons. The minimum Gasteiger partial charge on any atom is -0.338 e. The second-order valence-corrected chi connectivity index (χ2v) is 7.43. The monoisotopic (exact) mass is 353 g/mol. The quantitative estimate of drug-likeness (QED) is 0.724. The second-order valence-electron chi connectivity index (χ2n) is 3.40. The molecule has 0 aliphatic carbocycles. The number of thioether (sulfide) groups is 1. The molecule has 0 saturated carbocycles. The molecule has 0 N–H and O–H groups in total. The highest BCUT2D eigenvalue weighted by atomic mass is 127. The Balaban J connectivity index is 2.06. The fourth-order valence-electron chi connectivity index (χ4n) is 1.55. The number of carbonyl (C=O) groups excluding carboxylic acids is 1. The van der Waals surface area contributed by atoms with Gasteiger partial charge in [0.25, 0.3) is 5.91 Å². The van der Waals surface area contributed by atoms with E-state index in [1.807, 2.05) is 28.1 Å². The molecule has 0 atom stereocenters. The first kappa shape index (κ1) is 11.7. The van der Waals surface area contributed by atoms with E-state index in [-0.39, 0.29) is 5.91 Å². The van der Waals surface area contributed by atoms with Crippen molar-refractivity contribution in [3.8, 4) is 0 Å². The minimum atomic E-state index is 0.205. The molecule has 0 spiro atoms. The maximum atomic E-state index is 12.1. The van der Waals surface area contributed by atoms with E-state index in [9.17, 15) is 4.79 Å². The van der Waals surface area contributed by atoms with E-state index in [1.165, 1.54) is 8.64 Å². The second kappa shape index (κ2) is 5.54. The third-order valence-electron chi connectivity index (χ3n) is 2.32. The molecule has 0 radical (unpaired) electrons. The van der Waals surface area contributed by atoms with Gasteiger partial charge in [0.2, 0.25) is 0 Å². The first-order chi connectivity index (χ1) is 7.27. The van der Waals surface area contributed by atoms with Crippen LogP contribution in [0.1, 0.15) is 16.8 Å². The van der Waals surface area contributed by atoms with Gasteiger partial charge in [0.15, 0.2) is 0 Å². The zero-order valence-electron chi connectivity index (χ0n) is 8.24. The molecule has 2 nitrogen and oxygen atoms in total. The van der Waals surface area contributed by atoms with Crippen molar-refractivity contribution in [3.05, 3.63) is 19.9 Å². The van der Waals surface area contributed by atoms with Crippen molar-refractivity contribution in [3.63, 3.8) is 0 Å². The van der Waals surface area contributed by atoms with Crippen molar-refractivity contribution in [1.82, 2.24) is 4.90 Å². The molecule has 1 saturated heterocycles. The zero-order chi connectivity index (χ0) is 10.7. The first-order valence-corrected chi connectivity index (χ1v) is 8.00. The number of carbonyl (C=O) groups is 1. The van der Waals surface area contributed by atoms with Gasteiger partial charge in [0.1, 0.15) is 0 Å². The van der Waals surface area contributed by atoms with Gasteiger partial charge in [-0.25, -0.2) is 0 Å². The van der Waals surface area contributed by atoms with E-state index in [1.54, 1.807) is 11.3 Å². The van der Waals surface area contributed by atoms with Crippen LogP contribution in [0, 0.1) is 2.88 Å². The van der Waals surface area contributed by atoms with E-state index in [2.05, 4.69) is 22.6 Å². The van der Waals surface area contributed by atoms with Gasteiger partial charge < -0.3 is 4.90 Å². The third kappa shape index (κ3) is 3.10. The molecule has 0 aromatic carbocycles. The molecular formula is C10H12INOS2. The summed E-state index contributed by atoms with van der Waals surface area (Å²) in [5.74, 6) is 2.47. The summed E-state index contributed by atoms with van der Waals surface area (Å²) >= 11 is 5.84.